The standard InChI is InChI=1S/C45H28N2/c46-29-33-26-25-32(31-15-12-16-34(27-31)47-42-23-10-8-17-35(42)36-18-9-11-24-43(36)47)28-41(33)45-39-21-6-4-19-37(39)44(30-13-2-1-3-14-30)38-20-5-7-22-40(38)45/h1-28H. The maximum absolute atomic E-state index is 10.4. The van der Waals surface area contributed by atoms with E-state index in [1.54, 1.807) is 0 Å². The maximum atomic E-state index is 10.4. The van der Waals surface area contributed by atoms with Crippen molar-refractivity contribution in [2.24, 2.45) is 0 Å². The molecule has 0 atom stereocenters. The summed E-state index contributed by atoms with van der Waals surface area (Å²) in [6.07, 6.45) is 0. The quantitative estimate of drug-likeness (QED) is 0.186. The minimum absolute atomic E-state index is 0.662. The molecule has 1 heterocycles. The van der Waals surface area contributed by atoms with Crippen LogP contribution in [0.2, 0.25) is 0 Å². The number of rotatable bonds is 4. The van der Waals surface area contributed by atoms with Crippen LogP contribution in [-0.4, -0.2) is 4.57 Å². The van der Waals surface area contributed by atoms with Gasteiger partial charge in [0.1, 0.15) is 0 Å². The number of hydrogen-bond donors (Lipinski definition) is 0. The number of nitriles is 1. The molecule has 47 heavy (non-hydrogen) atoms. The first-order chi connectivity index (χ1) is 23.3. The Balaban J connectivity index is 1.29. The van der Waals surface area contributed by atoms with E-state index in [2.05, 4.69) is 174 Å². The van der Waals surface area contributed by atoms with Gasteiger partial charge in [-0.15, -0.1) is 0 Å². The molecular weight excluding hydrogens is 569 g/mol. The Morgan fingerprint density at radius 3 is 1.47 bits per heavy atom. The molecule has 0 amide bonds. The summed E-state index contributed by atoms with van der Waals surface area (Å²) in [5, 5.41) is 17.5. The molecule has 2 heteroatoms. The molecule has 0 spiro atoms. The molecule has 2 nitrogen and oxygen atoms in total. The first-order valence-electron chi connectivity index (χ1n) is 15.9. The first kappa shape index (κ1) is 26.9. The fraction of sp³-hybridized carbons (Fsp3) is 0. The van der Waals surface area contributed by atoms with Crippen LogP contribution in [0.1, 0.15) is 5.56 Å². The monoisotopic (exact) mass is 596 g/mol. The maximum Gasteiger partial charge on any atom is 0.0998 e. The molecule has 9 aromatic rings. The van der Waals surface area contributed by atoms with E-state index in [4.69, 9.17) is 0 Å². The summed E-state index contributed by atoms with van der Waals surface area (Å²) in [5.74, 6) is 0. The number of benzene rings is 8. The summed E-state index contributed by atoms with van der Waals surface area (Å²) in [4.78, 5) is 0. The van der Waals surface area contributed by atoms with Crippen molar-refractivity contribution in [1.29, 1.82) is 5.26 Å². The topological polar surface area (TPSA) is 28.7 Å². The average molecular weight is 597 g/mol. The Morgan fingerprint density at radius 2 is 0.872 bits per heavy atom. The lowest BCUT2D eigenvalue weighted by molar-refractivity contribution is 1.18. The van der Waals surface area contributed by atoms with Gasteiger partial charge in [0.05, 0.1) is 22.7 Å². The third-order valence-electron chi connectivity index (χ3n) is 9.42. The van der Waals surface area contributed by atoms with Gasteiger partial charge in [0.15, 0.2) is 0 Å². The molecule has 0 unspecified atom stereocenters. The zero-order chi connectivity index (χ0) is 31.3. The highest BCUT2D eigenvalue weighted by Gasteiger charge is 2.19. The van der Waals surface area contributed by atoms with E-state index >= 15 is 0 Å². The molecule has 1 aromatic heterocycles. The molecule has 0 bridgehead atoms. The highest BCUT2D eigenvalue weighted by molar-refractivity contribution is 6.22. The van der Waals surface area contributed by atoms with E-state index in [1.165, 1.54) is 43.7 Å². The highest BCUT2D eigenvalue weighted by atomic mass is 15.0. The molecule has 9 rings (SSSR count). The number of fused-ring (bicyclic) bond motifs is 5. The Hall–Kier alpha value is -6.43. The van der Waals surface area contributed by atoms with Crippen LogP contribution in [-0.2, 0) is 0 Å². The van der Waals surface area contributed by atoms with Crippen molar-refractivity contribution in [2.45, 2.75) is 0 Å². The first-order valence-corrected chi connectivity index (χ1v) is 15.9. The summed E-state index contributed by atoms with van der Waals surface area (Å²) in [6.45, 7) is 0. The number of nitrogens with zero attached hydrogens (tertiary/aromatic N) is 2. The van der Waals surface area contributed by atoms with Crippen molar-refractivity contribution in [3.63, 3.8) is 0 Å². The Labute approximate surface area is 273 Å². The van der Waals surface area contributed by atoms with Crippen molar-refractivity contribution in [3.05, 3.63) is 175 Å². The lowest BCUT2D eigenvalue weighted by Gasteiger charge is -2.19. The summed E-state index contributed by atoms with van der Waals surface area (Å²) in [7, 11) is 0. The van der Waals surface area contributed by atoms with E-state index < -0.39 is 0 Å². The second-order valence-corrected chi connectivity index (χ2v) is 12.0. The molecule has 0 aliphatic rings. The van der Waals surface area contributed by atoms with Gasteiger partial charge in [-0.1, -0.05) is 133 Å². The number of hydrogen-bond acceptors (Lipinski definition) is 1. The minimum Gasteiger partial charge on any atom is -0.309 e. The van der Waals surface area contributed by atoms with Gasteiger partial charge in [-0.3, -0.25) is 0 Å². The number of para-hydroxylation sites is 2. The zero-order valence-electron chi connectivity index (χ0n) is 25.6. The van der Waals surface area contributed by atoms with Gasteiger partial charge in [0.2, 0.25) is 0 Å². The molecule has 0 aliphatic heterocycles. The van der Waals surface area contributed by atoms with Crippen molar-refractivity contribution in [3.8, 4) is 45.1 Å². The van der Waals surface area contributed by atoms with Crippen LogP contribution in [0, 0.1) is 11.3 Å². The molecular formula is C45H28N2. The van der Waals surface area contributed by atoms with Crippen molar-refractivity contribution in [1.82, 2.24) is 4.57 Å². The van der Waals surface area contributed by atoms with E-state index in [0.29, 0.717) is 5.56 Å². The lowest BCUT2D eigenvalue weighted by Crippen LogP contribution is -1.95. The Morgan fingerprint density at radius 1 is 0.383 bits per heavy atom. The summed E-state index contributed by atoms with van der Waals surface area (Å²) < 4.78 is 2.35. The van der Waals surface area contributed by atoms with E-state index in [0.717, 1.165) is 38.7 Å². The second kappa shape index (κ2) is 10.9. The van der Waals surface area contributed by atoms with Gasteiger partial charge >= 0.3 is 0 Å². The number of aromatic nitrogens is 1. The van der Waals surface area contributed by atoms with Crippen molar-refractivity contribution in [2.75, 3.05) is 0 Å². The van der Waals surface area contributed by atoms with Gasteiger partial charge in [-0.05, 0) is 85.8 Å². The molecule has 8 aromatic carbocycles. The van der Waals surface area contributed by atoms with Crippen molar-refractivity contribution >= 4 is 43.4 Å². The summed E-state index contributed by atoms with van der Waals surface area (Å²) in [6, 6.07) is 62.5. The smallest absolute Gasteiger partial charge is 0.0998 e. The molecule has 0 aliphatic carbocycles. The predicted octanol–water partition coefficient (Wildman–Crippen LogP) is 12.0. The predicted molar refractivity (Wildman–Crippen MR) is 197 cm³/mol. The fourth-order valence-electron chi connectivity index (χ4n) is 7.39. The summed E-state index contributed by atoms with van der Waals surface area (Å²) >= 11 is 0. The second-order valence-electron chi connectivity index (χ2n) is 12.0. The van der Waals surface area contributed by atoms with Crippen LogP contribution in [0.25, 0.3) is 82.4 Å². The molecule has 218 valence electrons. The van der Waals surface area contributed by atoms with Gasteiger partial charge in [-0.25, -0.2) is 0 Å². The lowest BCUT2D eigenvalue weighted by atomic mass is 9.84. The van der Waals surface area contributed by atoms with Crippen LogP contribution in [0.5, 0.6) is 0 Å². The van der Waals surface area contributed by atoms with Crippen LogP contribution < -0.4 is 0 Å². The largest absolute Gasteiger partial charge is 0.309 e. The Bertz CT molecular complexity index is 2580. The SMILES string of the molecule is N#Cc1ccc(-c2cccc(-n3c4ccccc4c4ccccc43)c2)cc1-c1c2ccccc2c(-c2ccccc2)c2ccccc12. The third-order valence-corrected chi connectivity index (χ3v) is 9.42. The van der Waals surface area contributed by atoms with Gasteiger partial charge in [-0.2, -0.15) is 5.26 Å². The molecule has 0 saturated heterocycles. The van der Waals surface area contributed by atoms with Gasteiger partial charge in [0, 0.05) is 22.0 Å². The van der Waals surface area contributed by atoms with Crippen LogP contribution in [0.4, 0.5) is 0 Å². The van der Waals surface area contributed by atoms with Gasteiger partial charge in [0.25, 0.3) is 0 Å². The fourth-order valence-corrected chi connectivity index (χ4v) is 7.39. The molecule has 0 fully saturated rings. The molecule has 0 saturated carbocycles. The van der Waals surface area contributed by atoms with Gasteiger partial charge < -0.3 is 4.57 Å². The zero-order valence-corrected chi connectivity index (χ0v) is 25.6. The van der Waals surface area contributed by atoms with Crippen LogP contribution in [0.3, 0.4) is 0 Å². The van der Waals surface area contributed by atoms with E-state index in [-0.39, 0.29) is 0 Å². The Kier molecular flexibility index (Phi) is 6.23. The molecule has 0 N–H and O–H groups in total. The summed E-state index contributed by atoms with van der Waals surface area (Å²) in [5.41, 5.74) is 10.7. The molecule has 0 radical (unpaired) electrons. The van der Waals surface area contributed by atoms with E-state index in [1.807, 2.05) is 6.07 Å². The minimum atomic E-state index is 0.662. The average Bonchev–Trinajstić information content (AvgIpc) is 3.48. The highest BCUT2D eigenvalue weighted by Crippen LogP contribution is 2.45. The third kappa shape index (κ3) is 4.26. The van der Waals surface area contributed by atoms with E-state index in [9.17, 15) is 5.26 Å². The van der Waals surface area contributed by atoms with Crippen LogP contribution >= 0.6 is 0 Å². The normalized spacial score (nSPS) is 11.4. The van der Waals surface area contributed by atoms with Crippen LogP contribution in [0.15, 0.2) is 170 Å². The van der Waals surface area contributed by atoms with Crippen molar-refractivity contribution < 1.29 is 0 Å².